The Morgan fingerprint density at radius 1 is 1.50 bits per heavy atom. The van der Waals surface area contributed by atoms with Crippen molar-refractivity contribution < 1.29 is 14.7 Å². The third-order valence-corrected chi connectivity index (χ3v) is 2.39. The molecule has 1 amide bonds. The molecule has 1 atom stereocenters. The number of halogens is 2. The van der Waals surface area contributed by atoms with Gasteiger partial charge in [-0.2, -0.15) is 0 Å². The summed E-state index contributed by atoms with van der Waals surface area (Å²) in [6.45, 7) is -0.330. The lowest BCUT2D eigenvalue weighted by Gasteiger charge is -2.06. The average Bonchev–Trinajstić information content (AvgIpc) is 2.00. The summed E-state index contributed by atoms with van der Waals surface area (Å²) in [6, 6.07) is 0. The fourth-order valence-corrected chi connectivity index (χ4v) is 1.96. The lowest BCUT2D eigenvalue weighted by atomic mass is 10.3. The predicted octanol–water partition coefficient (Wildman–Crippen LogP) is 0.736. The minimum atomic E-state index is -1.04. The molecule has 0 bridgehead atoms. The first-order valence-corrected chi connectivity index (χ1v) is 5.31. The number of carboxylic acid groups (broad SMARTS) is 1. The molecule has 0 aromatic carbocycles. The van der Waals surface area contributed by atoms with E-state index in [1.165, 1.54) is 0 Å². The molecule has 1 unspecified atom stereocenters. The Labute approximate surface area is 87.0 Å². The van der Waals surface area contributed by atoms with Crippen LogP contribution >= 0.6 is 31.9 Å². The second kappa shape index (κ2) is 6.42. The fourth-order valence-electron chi connectivity index (χ4n) is 0.500. The molecule has 0 radical (unpaired) electrons. The maximum atomic E-state index is 11.0. The van der Waals surface area contributed by atoms with Crippen LogP contribution in [0.5, 0.6) is 0 Å². The summed E-state index contributed by atoms with van der Waals surface area (Å²) in [7, 11) is 0. The molecular formula is C6H9Br2NO3. The smallest absolute Gasteiger partial charge is 0.322 e. The Bertz CT molecular complexity index is 174. The summed E-state index contributed by atoms with van der Waals surface area (Å²) in [6.07, 6.45) is 0.630. The van der Waals surface area contributed by atoms with Gasteiger partial charge in [-0.25, -0.2) is 0 Å². The monoisotopic (exact) mass is 301 g/mol. The molecule has 0 aromatic heterocycles. The normalized spacial score (nSPS) is 12.2. The van der Waals surface area contributed by atoms with Crippen molar-refractivity contribution >= 4 is 43.7 Å². The zero-order valence-corrected chi connectivity index (χ0v) is 9.39. The minimum Gasteiger partial charge on any atom is -0.480 e. The molecule has 12 heavy (non-hydrogen) atoms. The Kier molecular flexibility index (Phi) is 6.37. The van der Waals surface area contributed by atoms with E-state index in [-0.39, 0.29) is 17.3 Å². The SMILES string of the molecule is O=C(O)CNC(=O)C(Br)CCBr. The van der Waals surface area contributed by atoms with Crippen molar-refractivity contribution in [3.8, 4) is 0 Å². The molecule has 0 aliphatic heterocycles. The Balaban J connectivity index is 3.64. The fraction of sp³-hybridized carbons (Fsp3) is 0.667. The number of hydrogen-bond acceptors (Lipinski definition) is 2. The van der Waals surface area contributed by atoms with Crippen LogP contribution in [0, 0.1) is 0 Å². The van der Waals surface area contributed by atoms with Crippen molar-refractivity contribution in [3.63, 3.8) is 0 Å². The Morgan fingerprint density at radius 3 is 2.50 bits per heavy atom. The second-order valence-electron chi connectivity index (χ2n) is 2.06. The molecule has 0 saturated carbocycles. The highest BCUT2D eigenvalue weighted by atomic mass is 79.9. The Hall–Kier alpha value is -0.100. The molecule has 0 spiro atoms. The number of hydrogen-bond donors (Lipinski definition) is 2. The van der Waals surface area contributed by atoms with Gasteiger partial charge in [0.05, 0.1) is 4.83 Å². The van der Waals surface area contributed by atoms with E-state index in [4.69, 9.17) is 5.11 Å². The highest BCUT2D eigenvalue weighted by Crippen LogP contribution is 2.06. The number of aliphatic carboxylic acids is 1. The van der Waals surface area contributed by atoms with Crippen molar-refractivity contribution in [1.82, 2.24) is 5.32 Å². The number of amides is 1. The van der Waals surface area contributed by atoms with Crippen molar-refractivity contribution in [2.45, 2.75) is 11.2 Å². The highest BCUT2D eigenvalue weighted by molar-refractivity contribution is 9.10. The third kappa shape index (κ3) is 5.54. The zero-order chi connectivity index (χ0) is 9.56. The molecule has 2 N–H and O–H groups in total. The van der Waals surface area contributed by atoms with E-state index in [0.29, 0.717) is 11.8 Å². The number of carbonyl (C=O) groups is 2. The lowest BCUT2D eigenvalue weighted by Crippen LogP contribution is -2.35. The van der Waals surface area contributed by atoms with Gasteiger partial charge in [0.25, 0.3) is 0 Å². The van der Waals surface area contributed by atoms with Gasteiger partial charge in [-0.05, 0) is 6.42 Å². The summed E-state index contributed by atoms with van der Waals surface area (Å²) in [5.74, 6) is -1.33. The van der Waals surface area contributed by atoms with Gasteiger partial charge in [0.15, 0.2) is 0 Å². The van der Waals surface area contributed by atoms with Gasteiger partial charge >= 0.3 is 5.97 Å². The number of alkyl halides is 2. The van der Waals surface area contributed by atoms with Gasteiger partial charge in [0, 0.05) is 5.33 Å². The van der Waals surface area contributed by atoms with Crippen molar-refractivity contribution in [2.75, 3.05) is 11.9 Å². The molecule has 0 aliphatic rings. The minimum absolute atomic E-state index is 0.295. The third-order valence-electron chi connectivity index (χ3n) is 1.06. The summed E-state index contributed by atoms with van der Waals surface area (Å²) < 4.78 is 0. The number of rotatable bonds is 5. The number of carboxylic acids is 1. The summed E-state index contributed by atoms with van der Waals surface area (Å²) in [5.41, 5.74) is 0. The van der Waals surface area contributed by atoms with Crippen LogP contribution in [0.3, 0.4) is 0 Å². The van der Waals surface area contributed by atoms with Crippen LogP contribution in [-0.2, 0) is 9.59 Å². The molecule has 6 heteroatoms. The largest absolute Gasteiger partial charge is 0.480 e. The first-order valence-electron chi connectivity index (χ1n) is 3.27. The second-order valence-corrected chi connectivity index (χ2v) is 3.96. The maximum absolute atomic E-state index is 11.0. The van der Waals surface area contributed by atoms with E-state index in [1.54, 1.807) is 0 Å². The van der Waals surface area contributed by atoms with Crippen molar-refractivity contribution in [2.24, 2.45) is 0 Å². The number of carbonyl (C=O) groups excluding carboxylic acids is 1. The van der Waals surface area contributed by atoms with Gasteiger partial charge in [-0.15, -0.1) is 0 Å². The maximum Gasteiger partial charge on any atom is 0.322 e. The first kappa shape index (κ1) is 11.9. The zero-order valence-electron chi connectivity index (χ0n) is 6.22. The van der Waals surface area contributed by atoms with Crippen molar-refractivity contribution in [3.05, 3.63) is 0 Å². The van der Waals surface area contributed by atoms with Gasteiger partial charge < -0.3 is 10.4 Å². The molecule has 70 valence electrons. The van der Waals surface area contributed by atoms with Gasteiger partial charge in [-0.3, -0.25) is 9.59 Å². The molecule has 0 aromatic rings. The molecule has 0 fully saturated rings. The molecule has 0 aliphatic carbocycles. The lowest BCUT2D eigenvalue weighted by molar-refractivity contribution is -0.137. The quantitative estimate of drug-likeness (QED) is 0.736. The van der Waals surface area contributed by atoms with Crippen LogP contribution in [0.15, 0.2) is 0 Å². The van der Waals surface area contributed by atoms with Crippen LogP contribution in [0.1, 0.15) is 6.42 Å². The summed E-state index contributed by atoms with van der Waals surface area (Å²) in [4.78, 5) is 20.7. The van der Waals surface area contributed by atoms with Gasteiger partial charge in [0.2, 0.25) is 5.91 Å². The Morgan fingerprint density at radius 2 is 2.08 bits per heavy atom. The van der Waals surface area contributed by atoms with Gasteiger partial charge in [0.1, 0.15) is 6.54 Å². The standard InChI is InChI=1S/C6H9Br2NO3/c7-2-1-4(8)6(12)9-3-5(10)11/h4H,1-3H2,(H,9,12)(H,10,11). The molecule has 4 nitrogen and oxygen atoms in total. The van der Waals surface area contributed by atoms with Crippen LogP contribution in [0.25, 0.3) is 0 Å². The first-order chi connectivity index (χ1) is 5.57. The average molecular weight is 303 g/mol. The number of nitrogens with one attached hydrogen (secondary N) is 1. The summed E-state index contributed by atoms with van der Waals surface area (Å²) in [5, 5.41) is 11.2. The highest BCUT2D eigenvalue weighted by Gasteiger charge is 2.13. The van der Waals surface area contributed by atoms with Crippen LogP contribution in [0.2, 0.25) is 0 Å². The van der Waals surface area contributed by atoms with Crippen LogP contribution in [0.4, 0.5) is 0 Å². The predicted molar refractivity (Wildman–Crippen MR) is 51.8 cm³/mol. The van der Waals surface area contributed by atoms with Crippen LogP contribution < -0.4 is 5.32 Å². The molecular weight excluding hydrogens is 294 g/mol. The van der Waals surface area contributed by atoms with E-state index in [9.17, 15) is 9.59 Å². The molecule has 0 saturated heterocycles. The van der Waals surface area contributed by atoms with E-state index < -0.39 is 5.97 Å². The van der Waals surface area contributed by atoms with Crippen molar-refractivity contribution in [1.29, 1.82) is 0 Å². The summed E-state index contributed by atoms with van der Waals surface area (Å²) >= 11 is 6.29. The van der Waals surface area contributed by atoms with E-state index in [2.05, 4.69) is 37.2 Å². The molecule has 0 heterocycles. The topological polar surface area (TPSA) is 66.4 Å². The van der Waals surface area contributed by atoms with E-state index in [1.807, 2.05) is 0 Å². The van der Waals surface area contributed by atoms with Crippen LogP contribution in [-0.4, -0.2) is 33.7 Å². The van der Waals surface area contributed by atoms with Gasteiger partial charge in [-0.1, -0.05) is 31.9 Å². The molecule has 0 rings (SSSR count). The van der Waals surface area contributed by atoms with E-state index >= 15 is 0 Å². The van der Waals surface area contributed by atoms with E-state index in [0.717, 1.165) is 0 Å².